The van der Waals surface area contributed by atoms with E-state index in [1.54, 1.807) is 11.3 Å². The minimum atomic E-state index is 0.0840. The molecule has 3 nitrogen and oxygen atoms in total. The van der Waals surface area contributed by atoms with E-state index in [2.05, 4.69) is 38.3 Å². The van der Waals surface area contributed by atoms with E-state index in [0.717, 1.165) is 35.7 Å². The van der Waals surface area contributed by atoms with Gasteiger partial charge in [0.25, 0.3) is 0 Å². The van der Waals surface area contributed by atoms with Crippen LogP contribution in [0.1, 0.15) is 43.3 Å². The van der Waals surface area contributed by atoms with E-state index < -0.39 is 0 Å². The summed E-state index contributed by atoms with van der Waals surface area (Å²) >= 11 is 1.72. The normalized spacial score (nSPS) is 17.0. The molecule has 2 aliphatic rings. The van der Waals surface area contributed by atoms with Crippen LogP contribution in [0.5, 0.6) is 0 Å². The molecule has 1 amide bonds. The summed E-state index contributed by atoms with van der Waals surface area (Å²) in [6, 6.07) is 4.41. The molecule has 0 saturated heterocycles. The van der Waals surface area contributed by atoms with Crippen LogP contribution in [0.3, 0.4) is 0 Å². The summed E-state index contributed by atoms with van der Waals surface area (Å²) in [5.74, 6) is 0.252. The van der Waals surface area contributed by atoms with Crippen molar-refractivity contribution < 1.29 is 4.79 Å². The maximum absolute atomic E-state index is 12.1. The number of aromatic nitrogens is 1. The fourth-order valence-electron chi connectivity index (χ4n) is 3.38. The van der Waals surface area contributed by atoms with Gasteiger partial charge in [0, 0.05) is 22.9 Å². The van der Waals surface area contributed by atoms with Gasteiger partial charge < -0.3 is 4.90 Å². The third-order valence-electron chi connectivity index (χ3n) is 4.45. The molecule has 0 fully saturated rings. The lowest BCUT2D eigenvalue weighted by Crippen LogP contribution is -2.31. The number of hydrogen-bond donors (Lipinski definition) is 0. The molecule has 0 aliphatic carbocycles. The van der Waals surface area contributed by atoms with Gasteiger partial charge in [-0.25, -0.2) is 4.98 Å². The van der Waals surface area contributed by atoms with E-state index in [1.165, 1.54) is 16.8 Å². The smallest absolute Gasteiger partial charge is 0.231 e. The quantitative estimate of drug-likeness (QED) is 0.799. The van der Waals surface area contributed by atoms with Gasteiger partial charge in [0.1, 0.15) is 0 Å². The van der Waals surface area contributed by atoms with E-state index in [1.807, 2.05) is 4.90 Å². The molecule has 0 N–H and O–H groups in total. The van der Waals surface area contributed by atoms with Gasteiger partial charge in [0.15, 0.2) is 0 Å². The van der Waals surface area contributed by atoms with Crippen molar-refractivity contribution in [1.82, 2.24) is 4.98 Å². The number of hydrogen-bond acceptors (Lipinski definition) is 3. The minimum absolute atomic E-state index is 0.0840. The number of anilines is 1. The van der Waals surface area contributed by atoms with Crippen LogP contribution in [0.15, 0.2) is 17.5 Å². The molecule has 3 heterocycles. The lowest BCUT2D eigenvalue weighted by atomic mass is 9.95. The van der Waals surface area contributed by atoms with E-state index in [9.17, 15) is 4.79 Å². The van der Waals surface area contributed by atoms with Gasteiger partial charge in [-0.3, -0.25) is 4.79 Å². The zero-order chi connectivity index (χ0) is 15.5. The van der Waals surface area contributed by atoms with Gasteiger partial charge in [-0.1, -0.05) is 20.8 Å². The zero-order valence-electron chi connectivity index (χ0n) is 13.3. The Hall–Kier alpha value is -1.68. The Balaban J connectivity index is 1.80. The minimum Gasteiger partial charge on any atom is -0.312 e. The van der Waals surface area contributed by atoms with Crippen molar-refractivity contribution >= 4 is 22.9 Å². The first-order valence-electron chi connectivity index (χ1n) is 7.86. The Kier molecular flexibility index (Phi) is 2.95. The largest absolute Gasteiger partial charge is 0.312 e. The average Bonchev–Trinajstić information content (AvgIpc) is 3.06. The van der Waals surface area contributed by atoms with Crippen LogP contribution < -0.4 is 4.90 Å². The highest BCUT2D eigenvalue weighted by atomic mass is 32.1. The van der Waals surface area contributed by atoms with Gasteiger partial charge in [0.2, 0.25) is 5.91 Å². The summed E-state index contributed by atoms with van der Waals surface area (Å²) in [5.41, 5.74) is 5.98. The van der Waals surface area contributed by atoms with Crippen molar-refractivity contribution in [2.45, 2.75) is 45.4 Å². The molecule has 114 valence electrons. The Bertz CT molecular complexity index is 770. The van der Waals surface area contributed by atoms with Crippen LogP contribution in [0.4, 0.5) is 5.69 Å². The van der Waals surface area contributed by atoms with Gasteiger partial charge in [-0.05, 0) is 36.1 Å². The van der Waals surface area contributed by atoms with Crippen LogP contribution in [0.25, 0.3) is 11.3 Å². The molecule has 1 aromatic heterocycles. The van der Waals surface area contributed by atoms with E-state index >= 15 is 0 Å². The molecule has 1 aromatic carbocycles. The van der Waals surface area contributed by atoms with E-state index in [0.29, 0.717) is 6.42 Å². The van der Waals surface area contributed by atoms with Gasteiger partial charge in [-0.2, -0.15) is 0 Å². The summed E-state index contributed by atoms with van der Waals surface area (Å²) in [6.07, 6.45) is 2.68. The lowest BCUT2D eigenvalue weighted by Gasteiger charge is -2.25. The number of amides is 1. The first-order valence-corrected chi connectivity index (χ1v) is 8.74. The number of nitrogens with zero attached hydrogens (tertiary/aromatic N) is 2. The second-order valence-electron chi connectivity index (χ2n) is 7.26. The number of benzene rings is 1. The zero-order valence-corrected chi connectivity index (χ0v) is 14.1. The molecule has 0 spiro atoms. The third kappa shape index (κ3) is 2.09. The molecular formula is C18H20N2OS. The van der Waals surface area contributed by atoms with Gasteiger partial charge >= 0.3 is 0 Å². The molecule has 0 atom stereocenters. The van der Waals surface area contributed by atoms with Crippen LogP contribution in [0, 0.1) is 0 Å². The Morgan fingerprint density at radius 2 is 2.00 bits per heavy atom. The maximum atomic E-state index is 12.1. The summed E-state index contributed by atoms with van der Waals surface area (Å²) in [4.78, 5) is 18.9. The highest BCUT2D eigenvalue weighted by Gasteiger charge is 2.32. The predicted octanol–water partition coefficient (Wildman–Crippen LogP) is 3.94. The van der Waals surface area contributed by atoms with Crippen molar-refractivity contribution in [3.05, 3.63) is 33.6 Å². The average molecular weight is 312 g/mol. The standard InChI is InChI=1S/C18H20N2OS/c1-18(2,3)17-19-14(10-22-17)12-7-11-5-4-6-20-15(21)9-13(8-12)16(11)20/h7-8,10H,4-6,9H2,1-3H3. The number of carbonyl (C=O) groups excluding carboxylic acids is 1. The van der Waals surface area contributed by atoms with Gasteiger partial charge in [-0.15, -0.1) is 11.3 Å². The molecular weight excluding hydrogens is 292 g/mol. The molecule has 22 heavy (non-hydrogen) atoms. The number of carbonyl (C=O) groups is 1. The van der Waals surface area contributed by atoms with Crippen molar-refractivity contribution in [2.75, 3.05) is 11.4 Å². The molecule has 0 saturated carbocycles. The van der Waals surface area contributed by atoms with Gasteiger partial charge in [0.05, 0.1) is 22.8 Å². The van der Waals surface area contributed by atoms with Crippen molar-refractivity contribution in [2.24, 2.45) is 0 Å². The highest BCUT2D eigenvalue weighted by molar-refractivity contribution is 7.10. The van der Waals surface area contributed by atoms with Crippen LogP contribution in [-0.2, 0) is 23.1 Å². The first kappa shape index (κ1) is 13.9. The predicted molar refractivity (Wildman–Crippen MR) is 90.6 cm³/mol. The second kappa shape index (κ2) is 4.66. The maximum Gasteiger partial charge on any atom is 0.231 e. The molecule has 2 aromatic rings. The number of aryl methyl sites for hydroxylation is 1. The summed E-state index contributed by atoms with van der Waals surface area (Å²) in [7, 11) is 0. The first-order chi connectivity index (χ1) is 10.4. The monoisotopic (exact) mass is 312 g/mol. The SMILES string of the molecule is CC(C)(C)c1nc(-c2cc3c4c(c2)CC(=O)N4CCC3)cs1. The van der Waals surface area contributed by atoms with Crippen molar-refractivity contribution in [1.29, 1.82) is 0 Å². The number of rotatable bonds is 1. The number of thiazole rings is 1. The van der Waals surface area contributed by atoms with Crippen molar-refractivity contribution in [3.8, 4) is 11.3 Å². The Morgan fingerprint density at radius 1 is 1.23 bits per heavy atom. The van der Waals surface area contributed by atoms with Crippen LogP contribution in [-0.4, -0.2) is 17.4 Å². The van der Waals surface area contributed by atoms with E-state index in [4.69, 9.17) is 4.98 Å². The molecule has 2 aliphatic heterocycles. The molecule has 0 radical (unpaired) electrons. The second-order valence-corrected chi connectivity index (χ2v) is 8.11. The fraction of sp³-hybridized carbons (Fsp3) is 0.444. The Morgan fingerprint density at radius 3 is 2.73 bits per heavy atom. The Labute approximate surface area is 135 Å². The summed E-state index contributed by atoms with van der Waals surface area (Å²) in [6.45, 7) is 7.46. The van der Waals surface area contributed by atoms with E-state index in [-0.39, 0.29) is 11.3 Å². The topological polar surface area (TPSA) is 33.2 Å². The van der Waals surface area contributed by atoms with Crippen LogP contribution >= 0.6 is 11.3 Å². The third-order valence-corrected chi connectivity index (χ3v) is 5.72. The lowest BCUT2D eigenvalue weighted by molar-refractivity contribution is -0.117. The fourth-order valence-corrected chi connectivity index (χ4v) is 4.29. The summed E-state index contributed by atoms with van der Waals surface area (Å²) < 4.78 is 0. The summed E-state index contributed by atoms with van der Waals surface area (Å²) in [5, 5.41) is 3.31. The molecule has 4 rings (SSSR count). The molecule has 0 bridgehead atoms. The highest BCUT2D eigenvalue weighted by Crippen LogP contribution is 2.40. The van der Waals surface area contributed by atoms with Crippen molar-refractivity contribution in [3.63, 3.8) is 0 Å². The molecule has 0 unspecified atom stereocenters. The molecule has 4 heteroatoms. The van der Waals surface area contributed by atoms with Crippen LogP contribution in [0.2, 0.25) is 0 Å².